The molecule has 6 heterocycles. The molecule has 470 valence electrons. The molecule has 0 bridgehead atoms. The van der Waals surface area contributed by atoms with Crippen LogP contribution in [0.2, 0.25) is 0 Å². The minimum atomic E-state index is -1.19. The Kier molecular flexibility index (Phi) is 20.9. The summed E-state index contributed by atoms with van der Waals surface area (Å²) in [4.78, 5) is 160. The summed E-state index contributed by atoms with van der Waals surface area (Å²) < 4.78 is 64.2. The van der Waals surface area contributed by atoms with Gasteiger partial charge in [0.2, 0.25) is 0 Å². The summed E-state index contributed by atoms with van der Waals surface area (Å²) in [6.07, 6.45) is -6.69. The fraction of sp³-hybridized carbons (Fsp3) is 0.410. The first-order valence-electron chi connectivity index (χ1n) is 28.3. The zero-order chi connectivity index (χ0) is 63.6. The van der Waals surface area contributed by atoms with Gasteiger partial charge in [0.15, 0.2) is 0 Å². The average Bonchev–Trinajstić information content (AvgIpc) is 1.95. The van der Waals surface area contributed by atoms with Gasteiger partial charge in [-0.15, -0.1) is 0 Å². The van der Waals surface area contributed by atoms with Crippen molar-refractivity contribution in [2.45, 2.75) is 115 Å². The first-order chi connectivity index (χ1) is 42.7. The standard InChI is InChI=1S/C61H64N6O22/c1-35-26-62(59(77)65(53(35)71)56(74)39-15-9-6-10-16-39)48-23-42(84-34-82-30-46-44(89-52(70)32-80-5)25-50(87-46)64-28-37(3)55(73)67(61(64)79)58(76)41-19-13-8-14-20-41)45(86-48)29-81-33-85-43-24-49(88-47(43)31-83-51(69)22-21-38(4)68)63-27-36(2)54(72)66(60(63)78)57(75)40-17-11-7-12-18-40/h6-20,26-28,42-50H,21-25,29-34H2,1-5H3/t42-,43-,44-,45+,46+,47+,48+,49+,50+/m0/s1. The molecule has 3 saturated heterocycles. The maximum absolute atomic E-state index is 14.2. The van der Waals surface area contributed by atoms with E-state index in [-0.39, 0.29) is 84.5 Å². The van der Waals surface area contributed by atoms with Crippen molar-refractivity contribution in [3.63, 3.8) is 0 Å². The number of aryl methyl sites for hydroxylation is 3. The number of nitrogens with zero attached hydrogens (tertiary/aromatic N) is 6. The smallest absolute Gasteiger partial charge is 0.340 e. The van der Waals surface area contributed by atoms with Gasteiger partial charge in [-0.3, -0.25) is 47.3 Å². The second-order valence-corrected chi connectivity index (χ2v) is 21.3. The maximum Gasteiger partial charge on any atom is 0.340 e. The molecule has 3 aromatic heterocycles. The molecule has 0 radical (unpaired) electrons. The molecule has 0 unspecified atom stereocenters. The topological polar surface area (TPSA) is 327 Å². The normalized spacial score (nSPS) is 21.4. The summed E-state index contributed by atoms with van der Waals surface area (Å²) in [6, 6.07) is 23.1. The van der Waals surface area contributed by atoms with E-state index in [1.54, 1.807) is 54.6 Å². The van der Waals surface area contributed by atoms with E-state index in [1.807, 2.05) is 0 Å². The average molecular weight is 1230 g/mol. The Balaban J connectivity index is 0.931. The highest BCUT2D eigenvalue weighted by atomic mass is 16.7. The van der Waals surface area contributed by atoms with E-state index in [9.17, 15) is 57.5 Å². The van der Waals surface area contributed by atoms with Gasteiger partial charge in [-0.25, -0.2) is 19.2 Å². The van der Waals surface area contributed by atoms with Crippen LogP contribution in [-0.2, 0) is 61.8 Å². The van der Waals surface area contributed by atoms with Crippen molar-refractivity contribution in [3.8, 4) is 0 Å². The number of rotatable bonds is 24. The fourth-order valence-corrected chi connectivity index (χ4v) is 10.4. The Bertz CT molecular complexity index is 3990. The van der Waals surface area contributed by atoms with E-state index in [1.165, 1.54) is 89.8 Å². The van der Waals surface area contributed by atoms with Gasteiger partial charge in [-0.2, -0.15) is 13.7 Å². The number of esters is 2. The van der Waals surface area contributed by atoms with Crippen LogP contribution < -0.4 is 33.7 Å². The van der Waals surface area contributed by atoms with Gasteiger partial charge in [-0.05, 0) is 64.1 Å². The lowest BCUT2D eigenvalue weighted by molar-refractivity contribution is -0.171. The third-order valence-electron chi connectivity index (χ3n) is 14.9. The molecule has 28 heteroatoms. The van der Waals surface area contributed by atoms with Crippen molar-refractivity contribution >= 4 is 35.4 Å². The Morgan fingerprint density at radius 1 is 0.472 bits per heavy atom. The van der Waals surface area contributed by atoms with Crippen molar-refractivity contribution in [2.24, 2.45) is 0 Å². The first-order valence-corrected chi connectivity index (χ1v) is 28.3. The number of ketones is 1. The highest BCUT2D eigenvalue weighted by Crippen LogP contribution is 2.34. The molecule has 9 rings (SSSR count). The molecule has 9 atom stereocenters. The lowest BCUT2D eigenvalue weighted by Crippen LogP contribution is -2.45. The van der Waals surface area contributed by atoms with E-state index < -0.39 is 146 Å². The number of hydrogen-bond acceptors (Lipinski definition) is 22. The molecule has 0 N–H and O–H groups in total. The van der Waals surface area contributed by atoms with Crippen LogP contribution in [0.15, 0.2) is 138 Å². The van der Waals surface area contributed by atoms with Crippen LogP contribution in [0, 0.1) is 20.8 Å². The quantitative estimate of drug-likeness (QED) is 0.0476. The van der Waals surface area contributed by atoms with E-state index in [0.29, 0.717) is 13.7 Å². The zero-order valence-corrected chi connectivity index (χ0v) is 49.0. The van der Waals surface area contributed by atoms with Crippen LogP contribution in [0.25, 0.3) is 0 Å². The zero-order valence-electron chi connectivity index (χ0n) is 49.0. The molecule has 28 nitrogen and oxygen atoms in total. The first kappa shape index (κ1) is 64.5. The predicted octanol–water partition coefficient (Wildman–Crippen LogP) is 2.10. The van der Waals surface area contributed by atoms with Crippen molar-refractivity contribution in [1.29, 1.82) is 0 Å². The molecule has 0 saturated carbocycles. The molecular formula is C61H64N6O22. The molecule has 3 aliphatic heterocycles. The van der Waals surface area contributed by atoms with E-state index in [0.717, 1.165) is 13.7 Å². The third-order valence-corrected chi connectivity index (χ3v) is 14.9. The van der Waals surface area contributed by atoms with E-state index in [4.69, 9.17) is 47.4 Å². The molecule has 6 aromatic rings. The van der Waals surface area contributed by atoms with Crippen LogP contribution in [0.3, 0.4) is 0 Å². The van der Waals surface area contributed by atoms with Gasteiger partial charge in [-0.1, -0.05) is 54.6 Å². The number of hydrogen-bond donors (Lipinski definition) is 0. The van der Waals surface area contributed by atoms with Gasteiger partial charge in [0.1, 0.15) is 75.7 Å². The summed E-state index contributed by atoms with van der Waals surface area (Å²) >= 11 is 0. The van der Waals surface area contributed by atoms with Crippen molar-refractivity contribution in [1.82, 2.24) is 27.4 Å². The van der Waals surface area contributed by atoms with Crippen molar-refractivity contribution in [3.05, 3.63) is 205 Å². The molecule has 0 amide bonds. The number of aromatic nitrogens is 6. The van der Waals surface area contributed by atoms with Crippen molar-refractivity contribution < 1.29 is 76.1 Å². The Morgan fingerprint density at radius 2 is 0.820 bits per heavy atom. The second-order valence-electron chi connectivity index (χ2n) is 21.3. The number of methoxy groups -OCH3 is 1. The summed E-state index contributed by atoms with van der Waals surface area (Å²) in [6.45, 7) is 3.07. The number of carbonyl (C=O) groups excluding carboxylic acids is 6. The van der Waals surface area contributed by atoms with Crippen LogP contribution in [0.5, 0.6) is 0 Å². The number of Topliss-reactive ketones (excluding diaryl/α,β-unsaturated/α-hetero) is 1. The lowest BCUT2D eigenvalue weighted by Gasteiger charge is -2.22. The minimum Gasteiger partial charge on any atom is -0.463 e. The van der Waals surface area contributed by atoms with Gasteiger partial charge >= 0.3 is 29.0 Å². The molecular weight excluding hydrogens is 1170 g/mol. The molecule has 0 aliphatic carbocycles. The minimum absolute atomic E-state index is 0.0242. The number of ether oxygens (including phenoxy) is 10. The van der Waals surface area contributed by atoms with Gasteiger partial charge in [0.05, 0.1) is 31.8 Å². The van der Waals surface area contributed by atoms with Crippen LogP contribution in [-0.4, -0.2) is 147 Å². The maximum atomic E-state index is 14.2. The number of benzene rings is 3. The summed E-state index contributed by atoms with van der Waals surface area (Å²) in [7, 11) is 1.29. The Hall–Kier alpha value is -9.00. The summed E-state index contributed by atoms with van der Waals surface area (Å²) in [5, 5.41) is 0. The van der Waals surface area contributed by atoms with Crippen LogP contribution in [0.1, 0.15) is 105 Å². The lowest BCUT2D eigenvalue weighted by atomic mass is 10.2. The van der Waals surface area contributed by atoms with E-state index >= 15 is 0 Å². The highest BCUT2D eigenvalue weighted by Gasteiger charge is 2.43. The Labute approximate surface area is 505 Å². The van der Waals surface area contributed by atoms with Crippen LogP contribution in [0.4, 0.5) is 0 Å². The number of carbonyl (C=O) groups is 6. The van der Waals surface area contributed by atoms with Crippen molar-refractivity contribution in [2.75, 3.05) is 47.1 Å². The molecule has 0 spiro atoms. The second kappa shape index (κ2) is 28.9. The highest BCUT2D eigenvalue weighted by molar-refractivity contribution is 5.97. The molecule has 3 aromatic carbocycles. The molecule has 3 aliphatic rings. The van der Waals surface area contributed by atoms with Gasteiger partial charge in [0, 0.05) is 84.8 Å². The molecule has 89 heavy (non-hydrogen) atoms. The van der Waals surface area contributed by atoms with E-state index in [2.05, 4.69) is 0 Å². The largest absolute Gasteiger partial charge is 0.463 e. The Morgan fingerprint density at radius 3 is 1.18 bits per heavy atom. The SMILES string of the molecule is COCC(=O)O[C@H]1C[C@H](n2cc(C)c(=O)n(C(=O)c3ccccc3)c2=O)O[C@@H]1COCO[C@H]1C[C@H](n2cc(C)c(=O)n(C(=O)c3ccccc3)c2=O)O[C@@H]1COCO[C@H]1C[C@H](n2cc(C)c(=O)n(C(=O)c3ccccc3)c2=O)O[C@@H]1COC(=O)CCC(C)=O. The monoisotopic (exact) mass is 1230 g/mol. The van der Waals surface area contributed by atoms with Gasteiger partial charge in [0.25, 0.3) is 34.4 Å². The fourth-order valence-electron chi connectivity index (χ4n) is 10.4. The third kappa shape index (κ3) is 14.8. The summed E-state index contributed by atoms with van der Waals surface area (Å²) in [5.41, 5.74) is -5.27. The predicted molar refractivity (Wildman–Crippen MR) is 307 cm³/mol. The van der Waals surface area contributed by atoms with Gasteiger partial charge < -0.3 is 52.2 Å². The van der Waals surface area contributed by atoms with Crippen LogP contribution >= 0.6 is 0 Å². The molecule has 3 fully saturated rings. The summed E-state index contributed by atoms with van der Waals surface area (Å²) in [5.74, 6) is -4.37.